The van der Waals surface area contributed by atoms with E-state index in [-0.39, 0.29) is 41.8 Å². The van der Waals surface area contributed by atoms with Gasteiger partial charge in [-0.1, -0.05) is 75.2 Å². The van der Waals surface area contributed by atoms with Gasteiger partial charge >= 0.3 is 0 Å². The number of carbonyl (C=O) groups excluding carboxylic acids is 2. The van der Waals surface area contributed by atoms with E-state index < -0.39 is 6.04 Å². The molecule has 2 aromatic rings. The Labute approximate surface area is 213 Å². The molecule has 7 nitrogen and oxygen atoms in total. The van der Waals surface area contributed by atoms with Crippen molar-refractivity contribution in [3.8, 4) is 0 Å². The number of benzene rings is 1. The zero-order valence-corrected chi connectivity index (χ0v) is 22.0. The summed E-state index contributed by atoms with van der Waals surface area (Å²) in [6.07, 6.45) is 5.68. The van der Waals surface area contributed by atoms with Crippen molar-refractivity contribution in [3.05, 3.63) is 41.8 Å². The van der Waals surface area contributed by atoms with Crippen LogP contribution in [0.5, 0.6) is 0 Å². The zero-order valence-electron chi connectivity index (χ0n) is 20.4. The molecular weight excluding hydrogens is 472 g/mol. The Hall–Kier alpha value is -1.90. The minimum absolute atomic E-state index is 0. The Balaban J connectivity index is 0.00000408. The first-order valence-corrected chi connectivity index (χ1v) is 12.9. The van der Waals surface area contributed by atoms with Gasteiger partial charge in [0, 0.05) is 24.8 Å². The topological polar surface area (TPSA) is 88.3 Å². The van der Waals surface area contributed by atoms with E-state index in [9.17, 15) is 9.59 Å². The van der Waals surface area contributed by atoms with Crippen molar-refractivity contribution in [3.63, 3.8) is 0 Å². The van der Waals surface area contributed by atoms with Gasteiger partial charge < -0.3 is 14.6 Å². The van der Waals surface area contributed by atoms with Gasteiger partial charge in [0.15, 0.2) is 0 Å². The van der Waals surface area contributed by atoms with Crippen molar-refractivity contribution in [1.29, 1.82) is 0 Å². The number of nitrogens with one attached hydrogen (secondary N) is 1. The fraction of sp³-hybridized carbons (Fsp3) is 0.600. The van der Waals surface area contributed by atoms with Crippen LogP contribution in [0.4, 0.5) is 0 Å². The van der Waals surface area contributed by atoms with Crippen LogP contribution in [0, 0.1) is 11.8 Å². The Kier molecular flexibility index (Phi) is 12.1. The molecule has 34 heavy (non-hydrogen) atoms. The summed E-state index contributed by atoms with van der Waals surface area (Å²) < 4.78 is 5.66. The fourth-order valence-electron chi connectivity index (χ4n) is 4.14. The molecule has 0 aliphatic heterocycles. The Bertz CT molecular complexity index is 887. The number of nitrogens with zero attached hydrogens (tertiary/aromatic N) is 3. The second-order valence-corrected chi connectivity index (χ2v) is 10.4. The Morgan fingerprint density at radius 3 is 2.53 bits per heavy atom. The summed E-state index contributed by atoms with van der Waals surface area (Å²) in [5.74, 6) is 0.681. The molecule has 0 spiro atoms. The highest BCUT2D eigenvalue weighted by atomic mass is 35.5. The van der Waals surface area contributed by atoms with Crippen molar-refractivity contribution in [2.75, 3.05) is 19.3 Å². The number of hydrogen-bond donors (Lipinski definition) is 1. The third-order valence-electron chi connectivity index (χ3n) is 5.93. The van der Waals surface area contributed by atoms with Gasteiger partial charge in [0.05, 0.1) is 6.04 Å². The Morgan fingerprint density at radius 2 is 1.85 bits per heavy atom. The van der Waals surface area contributed by atoms with Crippen LogP contribution in [-0.4, -0.2) is 52.2 Å². The summed E-state index contributed by atoms with van der Waals surface area (Å²) >= 11 is 1.44. The molecule has 1 saturated carbocycles. The van der Waals surface area contributed by atoms with Crippen molar-refractivity contribution in [2.24, 2.45) is 11.8 Å². The van der Waals surface area contributed by atoms with E-state index >= 15 is 0 Å². The summed E-state index contributed by atoms with van der Waals surface area (Å²) in [6.45, 7) is 5.79. The molecule has 0 bridgehead atoms. The van der Waals surface area contributed by atoms with Crippen LogP contribution in [-0.2, 0) is 11.3 Å². The molecule has 1 aromatic heterocycles. The highest BCUT2D eigenvalue weighted by Gasteiger charge is 2.30. The summed E-state index contributed by atoms with van der Waals surface area (Å²) in [5.41, 5.74) is 1.27. The predicted molar refractivity (Wildman–Crippen MR) is 137 cm³/mol. The van der Waals surface area contributed by atoms with Gasteiger partial charge in [-0.15, -0.1) is 22.6 Å². The lowest BCUT2D eigenvalue weighted by molar-refractivity contribution is -0.126. The summed E-state index contributed by atoms with van der Waals surface area (Å²) in [7, 11) is 2.07. The number of Topliss-reactive ketones (excluding diaryl/α,β-unsaturated/α-hetero) is 1. The van der Waals surface area contributed by atoms with Gasteiger partial charge in [0.2, 0.25) is 11.7 Å². The highest BCUT2D eigenvalue weighted by molar-refractivity contribution is 7.99. The number of aromatic nitrogens is 2. The summed E-state index contributed by atoms with van der Waals surface area (Å²) in [6, 6.07) is 9.69. The third-order valence-corrected chi connectivity index (χ3v) is 6.73. The predicted octanol–water partition coefficient (Wildman–Crippen LogP) is 5.01. The van der Waals surface area contributed by atoms with Gasteiger partial charge in [0.25, 0.3) is 11.1 Å². The normalized spacial score (nSPS) is 15.2. The lowest BCUT2D eigenvalue weighted by Gasteiger charge is -2.24. The van der Waals surface area contributed by atoms with Gasteiger partial charge in [-0.05, 0) is 37.8 Å². The summed E-state index contributed by atoms with van der Waals surface area (Å²) in [5, 5.41) is 11.4. The maximum Gasteiger partial charge on any atom is 0.286 e. The second kappa shape index (κ2) is 14.5. The molecule has 3 rings (SSSR count). The van der Waals surface area contributed by atoms with Crippen LogP contribution in [0.3, 0.4) is 0 Å². The zero-order chi connectivity index (χ0) is 23.6. The fourth-order valence-corrected chi connectivity index (χ4v) is 4.95. The average molecular weight is 509 g/mol. The van der Waals surface area contributed by atoms with E-state index in [1.807, 2.05) is 32.0 Å². The van der Waals surface area contributed by atoms with E-state index in [2.05, 4.69) is 39.6 Å². The molecule has 1 aromatic carbocycles. The molecule has 1 atom stereocenters. The number of halogens is 1. The maximum absolute atomic E-state index is 13.1. The molecular formula is C25H37ClN4O3S. The third kappa shape index (κ3) is 9.04. The van der Waals surface area contributed by atoms with Crippen molar-refractivity contribution < 1.29 is 14.0 Å². The van der Waals surface area contributed by atoms with E-state index in [4.69, 9.17) is 4.42 Å². The SMILES string of the molecule is CC(C)CC(NC(=O)C1CCCCC1)C(=O)c1nnc(SCCN(C)Cc2ccccc2)o1.Cl. The van der Waals surface area contributed by atoms with Crippen molar-refractivity contribution >= 4 is 35.9 Å². The molecule has 1 aliphatic rings. The number of thioether (sulfide) groups is 1. The van der Waals surface area contributed by atoms with Gasteiger partial charge in [-0.25, -0.2) is 0 Å². The number of ketones is 1. The van der Waals surface area contributed by atoms with Crippen LogP contribution in [0.1, 0.15) is 68.6 Å². The minimum Gasteiger partial charge on any atom is -0.408 e. The second-order valence-electron chi connectivity index (χ2n) is 9.33. The molecule has 1 heterocycles. The standard InChI is InChI=1S/C25H36N4O3S.ClH/c1-18(2)16-21(26-23(31)20-12-8-5-9-13-20)22(30)24-27-28-25(32-24)33-15-14-29(3)17-19-10-6-4-7-11-19;/h4,6-7,10-11,18,20-21H,5,8-9,12-17H2,1-3H3,(H,26,31);1H. The first-order valence-electron chi connectivity index (χ1n) is 12.0. The molecule has 9 heteroatoms. The van der Waals surface area contributed by atoms with Gasteiger partial charge in [-0.2, -0.15) is 0 Å². The van der Waals surface area contributed by atoms with Crippen LogP contribution in [0.15, 0.2) is 40.0 Å². The number of rotatable bonds is 12. The molecule has 1 aliphatic carbocycles. The maximum atomic E-state index is 13.1. The number of hydrogen-bond acceptors (Lipinski definition) is 7. The molecule has 0 radical (unpaired) electrons. The Morgan fingerprint density at radius 1 is 1.15 bits per heavy atom. The molecule has 1 N–H and O–H groups in total. The lowest BCUT2D eigenvalue weighted by Crippen LogP contribution is -2.45. The van der Waals surface area contributed by atoms with E-state index in [1.165, 1.54) is 23.7 Å². The largest absolute Gasteiger partial charge is 0.408 e. The van der Waals surface area contributed by atoms with E-state index in [1.54, 1.807) is 0 Å². The molecule has 188 valence electrons. The van der Waals surface area contributed by atoms with Crippen LogP contribution in [0.25, 0.3) is 0 Å². The van der Waals surface area contributed by atoms with Gasteiger partial charge in [0.1, 0.15) is 0 Å². The van der Waals surface area contributed by atoms with Crippen LogP contribution < -0.4 is 5.32 Å². The first kappa shape index (κ1) is 28.3. The van der Waals surface area contributed by atoms with Crippen molar-refractivity contribution in [2.45, 2.75) is 70.2 Å². The van der Waals surface area contributed by atoms with Crippen LogP contribution >= 0.6 is 24.2 Å². The monoisotopic (exact) mass is 508 g/mol. The molecule has 0 saturated heterocycles. The van der Waals surface area contributed by atoms with Crippen molar-refractivity contribution in [1.82, 2.24) is 20.4 Å². The average Bonchev–Trinajstić information content (AvgIpc) is 3.28. The summed E-state index contributed by atoms with van der Waals surface area (Å²) in [4.78, 5) is 28.0. The lowest BCUT2D eigenvalue weighted by atomic mass is 9.88. The van der Waals surface area contributed by atoms with E-state index in [0.29, 0.717) is 11.6 Å². The smallest absolute Gasteiger partial charge is 0.286 e. The molecule has 1 unspecified atom stereocenters. The first-order chi connectivity index (χ1) is 15.9. The number of carbonyl (C=O) groups is 2. The molecule has 1 fully saturated rings. The minimum atomic E-state index is -0.630. The van der Waals surface area contributed by atoms with Crippen LogP contribution in [0.2, 0.25) is 0 Å². The number of amides is 1. The highest BCUT2D eigenvalue weighted by Crippen LogP contribution is 2.24. The van der Waals surface area contributed by atoms with E-state index in [0.717, 1.165) is 44.5 Å². The van der Waals surface area contributed by atoms with Gasteiger partial charge in [-0.3, -0.25) is 9.59 Å². The quantitative estimate of drug-likeness (QED) is 0.318. The molecule has 1 amide bonds.